The number of anilines is 3. The molecule has 0 radical (unpaired) electrons. The van der Waals surface area contributed by atoms with E-state index in [9.17, 15) is 0 Å². The smallest absolute Gasteiger partial charge is 0.159 e. The van der Waals surface area contributed by atoms with Crippen LogP contribution in [0.3, 0.4) is 0 Å². The number of benzene rings is 7. The molecule has 0 aliphatic carbocycles. The second-order valence-electron chi connectivity index (χ2n) is 10.6. The molecule has 0 saturated carbocycles. The Balaban J connectivity index is 1.38. The summed E-state index contributed by atoms with van der Waals surface area (Å²) >= 11 is 0. The predicted octanol–water partition coefficient (Wildman–Crippen LogP) is 11.5. The molecule has 0 amide bonds. The molecule has 42 heavy (non-hydrogen) atoms. The van der Waals surface area contributed by atoms with E-state index in [2.05, 4.69) is 169 Å². The Kier molecular flexibility index (Phi) is 5.82. The molecular formula is C40H27NO. The lowest BCUT2D eigenvalue weighted by Crippen LogP contribution is -2.10. The van der Waals surface area contributed by atoms with Gasteiger partial charge in [0.25, 0.3) is 0 Å². The summed E-state index contributed by atoms with van der Waals surface area (Å²) in [5, 5.41) is 4.62. The second-order valence-corrected chi connectivity index (χ2v) is 10.6. The number of para-hydroxylation sites is 2. The fraction of sp³-hybridized carbons (Fsp3) is 0. The first-order valence-corrected chi connectivity index (χ1v) is 14.3. The van der Waals surface area contributed by atoms with Crippen LogP contribution in [0.2, 0.25) is 0 Å². The molecular weight excluding hydrogens is 510 g/mol. The predicted molar refractivity (Wildman–Crippen MR) is 177 cm³/mol. The lowest BCUT2D eigenvalue weighted by molar-refractivity contribution is 0.670. The topological polar surface area (TPSA) is 16.4 Å². The summed E-state index contributed by atoms with van der Waals surface area (Å²) in [5.74, 6) is 0. The Morgan fingerprint density at radius 2 is 0.952 bits per heavy atom. The number of fused-ring (bicyclic) bond motifs is 4. The van der Waals surface area contributed by atoms with E-state index in [4.69, 9.17) is 4.42 Å². The van der Waals surface area contributed by atoms with Crippen molar-refractivity contribution in [3.05, 3.63) is 164 Å². The number of rotatable bonds is 5. The lowest BCUT2D eigenvalue weighted by atomic mass is 9.95. The molecule has 7 aromatic carbocycles. The largest absolute Gasteiger partial charge is 0.453 e. The van der Waals surface area contributed by atoms with Crippen LogP contribution in [-0.4, -0.2) is 0 Å². The van der Waals surface area contributed by atoms with E-state index < -0.39 is 0 Å². The van der Waals surface area contributed by atoms with Gasteiger partial charge in [-0.05, 0) is 63.9 Å². The normalized spacial score (nSPS) is 11.3. The van der Waals surface area contributed by atoms with Crippen LogP contribution in [0.15, 0.2) is 168 Å². The minimum Gasteiger partial charge on any atom is -0.453 e. The molecule has 2 heteroatoms. The first-order chi connectivity index (χ1) is 20.8. The van der Waals surface area contributed by atoms with Gasteiger partial charge < -0.3 is 9.32 Å². The molecule has 0 atom stereocenters. The van der Waals surface area contributed by atoms with Gasteiger partial charge in [-0.1, -0.05) is 127 Å². The molecule has 1 heterocycles. The van der Waals surface area contributed by atoms with Crippen LogP contribution >= 0.6 is 0 Å². The molecule has 0 spiro atoms. The van der Waals surface area contributed by atoms with Crippen molar-refractivity contribution in [2.45, 2.75) is 0 Å². The maximum absolute atomic E-state index is 6.95. The maximum atomic E-state index is 6.95. The van der Waals surface area contributed by atoms with Gasteiger partial charge in [-0.2, -0.15) is 0 Å². The van der Waals surface area contributed by atoms with Crippen molar-refractivity contribution in [3.63, 3.8) is 0 Å². The summed E-state index contributed by atoms with van der Waals surface area (Å²) in [4.78, 5) is 2.29. The van der Waals surface area contributed by atoms with Gasteiger partial charge in [0.1, 0.15) is 5.58 Å². The summed E-state index contributed by atoms with van der Waals surface area (Å²) in [6.45, 7) is 0. The second kappa shape index (κ2) is 10.1. The van der Waals surface area contributed by atoms with Crippen LogP contribution in [0.25, 0.3) is 55.0 Å². The van der Waals surface area contributed by atoms with Gasteiger partial charge in [-0.25, -0.2) is 0 Å². The molecule has 0 aliphatic rings. The van der Waals surface area contributed by atoms with Crippen LogP contribution in [0.4, 0.5) is 17.1 Å². The average Bonchev–Trinajstić information content (AvgIpc) is 3.44. The third-order valence-electron chi connectivity index (χ3n) is 8.04. The van der Waals surface area contributed by atoms with Crippen LogP contribution in [0, 0.1) is 0 Å². The molecule has 8 rings (SSSR count). The highest BCUT2D eigenvalue weighted by Gasteiger charge is 2.22. The summed E-state index contributed by atoms with van der Waals surface area (Å²) in [6, 6.07) is 57.7. The quantitative estimate of drug-likeness (QED) is 0.217. The molecule has 0 bridgehead atoms. The SMILES string of the molecule is c1ccc(-c2ccc(N(c3ccccc3)c3cccc4c3oc3c(-c5ccccc5)c5ccccc5cc34)cc2)cc1. The Morgan fingerprint density at radius 1 is 0.381 bits per heavy atom. The monoisotopic (exact) mass is 537 g/mol. The fourth-order valence-corrected chi connectivity index (χ4v) is 6.09. The van der Waals surface area contributed by atoms with E-state index in [1.165, 1.54) is 21.9 Å². The minimum absolute atomic E-state index is 0.871. The molecule has 0 unspecified atom stereocenters. The first-order valence-electron chi connectivity index (χ1n) is 14.3. The van der Waals surface area contributed by atoms with Crippen molar-refractivity contribution in [1.29, 1.82) is 0 Å². The van der Waals surface area contributed by atoms with Gasteiger partial charge in [0.2, 0.25) is 0 Å². The lowest BCUT2D eigenvalue weighted by Gasteiger charge is -2.25. The van der Waals surface area contributed by atoms with E-state index >= 15 is 0 Å². The zero-order chi connectivity index (χ0) is 27.9. The Morgan fingerprint density at radius 3 is 1.69 bits per heavy atom. The van der Waals surface area contributed by atoms with Gasteiger partial charge in [-0.15, -0.1) is 0 Å². The van der Waals surface area contributed by atoms with Crippen LogP contribution in [-0.2, 0) is 0 Å². The van der Waals surface area contributed by atoms with Crippen molar-refractivity contribution in [2.24, 2.45) is 0 Å². The number of hydrogen-bond acceptors (Lipinski definition) is 2. The molecule has 8 aromatic rings. The highest BCUT2D eigenvalue weighted by Crippen LogP contribution is 2.46. The molecule has 2 nitrogen and oxygen atoms in total. The third kappa shape index (κ3) is 4.05. The average molecular weight is 538 g/mol. The van der Waals surface area contributed by atoms with Crippen molar-refractivity contribution in [3.8, 4) is 22.3 Å². The number of furan rings is 1. The van der Waals surface area contributed by atoms with Crippen molar-refractivity contribution < 1.29 is 4.42 Å². The molecule has 0 fully saturated rings. The zero-order valence-electron chi connectivity index (χ0n) is 22.9. The van der Waals surface area contributed by atoms with Crippen molar-refractivity contribution in [1.82, 2.24) is 0 Å². The van der Waals surface area contributed by atoms with Crippen LogP contribution in [0.5, 0.6) is 0 Å². The molecule has 198 valence electrons. The van der Waals surface area contributed by atoms with Gasteiger partial charge in [-0.3, -0.25) is 0 Å². The summed E-state index contributed by atoms with van der Waals surface area (Å²) in [7, 11) is 0. The summed E-state index contributed by atoms with van der Waals surface area (Å²) < 4.78 is 6.95. The van der Waals surface area contributed by atoms with Crippen LogP contribution in [0.1, 0.15) is 0 Å². The molecule has 0 N–H and O–H groups in total. The zero-order valence-corrected chi connectivity index (χ0v) is 22.9. The third-order valence-corrected chi connectivity index (χ3v) is 8.04. The standard InChI is InChI=1S/C40H27NO/c1-4-13-28(14-5-1)29-23-25-33(26-24-29)41(32-18-8-3-9-19-32)37-22-12-21-35-36-27-31-17-10-11-20-34(31)38(40(36)42-39(35)37)30-15-6-2-7-16-30/h1-27H. The molecule has 1 aromatic heterocycles. The molecule has 0 aliphatic heterocycles. The molecule has 0 saturated heterocycles. The van der Waals surface area contributed by atoms with Gasteiger partial charge in [0, 0.05) is 27.7 Å². The van der Waals surface area contributed by atoms with E-state index in [0.29, 0.717) is 0 Å². The maximum Gasteiger partial charge on any atom is 0.159 e. The Hall–Kier alpha value is -5.60. The minimum atomic E-state index is 0.871. The van der Waals surface area contributed by atoms with Gasteiger partial charge >= 0.3 is 0 Å². The van der Waals surface area contributed by atoms with E-state index in [-0.39, 0.29) is 0 Å². The van der Waals surface area contributed by atoms with E-state index in [0.717, 1.165) is 50.1 Å². The van der Waals surface area contributed by atoms with E-state index in [1.54, 1.807) is 0 Å². The van der Waals surface area contributed by atoms with Gasteiger partial charge in [0.15, 0.2) is 5.58 Å². The summed E-state index contributed by atoms with van der Waals surface area (Å²) in [5.41, 5.74) is 9.61. The Bertz CT molecular complexity index is 2160. The highest BCUT2D eigenvalue weighted by atomic mass is 16.3. The van der Waals surface area contributed by atoms with Crippen LogP contribution < -0.4 is 4.90 Å². The van der Waals surface area contributed by atoms with Gasteiger partial charge in [0.05, 0.1) is 5.69 Å². The number of hydrogen-bond donors (Lipinski definition) is 0. The van der Waals surface area contributed by atoms with Crippen molar-refractivity contribution in [2.75, 3.05) is 4.90 Å². The first kappa shape index (κ1) is 24.2. The summed E-state index contributed by atoms with van der Waals surface area (Å²) in [6.07, 6.45) is 0. The van der Waals surface area contributed by atoms with E-state index in [1.807, 2.05) is 0 Å². The Labute approximate surface area is 244 Å². The highest BCUT2D eigenvalue weighted by molar-refractivity contribution is 6.20. The number of nitrogens with zero attached hydrogens (tertiary/aromatic N) is 1. The van der Waals surface area contributed by atoms with Crippen molar-refractivity contribution >= 4 is 49.8 Å². The fourth-order valence-electron chi connectivity index (χ4n) is 6.09.